The Morgan fingerprint density at radius 1 is 1.54 bits per heavy atom. The lowest BCUT2D eigenvalue weighted by molar-refractivity contribution is 0.101. The second kappa shape index (κ2) is 3.20. The number of ketones is 1. The Morgan fingerprint density at radius 2 is 2.23 bits per heavy atom. The highest BCUT2D eigenvalue weighted by Gasteiger charge is 2.18. The van der Waals surface area contributed by atoms with Gasteiger partial charge in [0.1, 0.15) is 12.0 Å². The lowest BCUT2D eigenvalue weighted by Crippen LogP contribution is -2.17. The number of anilines is 1. The second-order valence-electron chi connectivity index (χ2n) is 3.27. The van der Waals surface area contributed by atoms with E-state index in [9.17, 15) is 4.79 Å². The number of nitrogens with zero attached hydrogens (tertiary/aromatic N) is 2. The predicted molar refractivity (Wildman–Crippen MR) is 48.0 cm³/mol. The summed E-state index contributed by atoms with van der Waals surface area (Å²) < 4.78 is 5.20. The Labute approximate surface area is 76.6 Å². The van der Waals surface area contributed by atoms with E-state index in [1.807, 2.05) is 0 Å². The lowest BCUT2D eigenvalue weighted by Gasteiger charge is -2.10. The van der Waals surface area contributed by atoms with E-state index in [2.05, 4.69) is 9.88 Å². The zero-order valence-corrected chi connectivity index (χ0v) is 7.62. The van der Waals surface area contributed by atoms with Gasteiger partial charge in [-0.25, -0.2) is 0 Å². The first kappa shape index (κ1) is 8.29. The average Bonchev–Trinajstić information content (AvgIpc) is 2.75. The first-order valence-electron chi connectivity index (χ1n) is 4.49. The molecular formula is C9H12N2O2. The highest BCUT2D eigenvalue weighted by atomic mass is 16.4. The summed E-state index contributed by atoms with van der Waals surface area (Å²) in [6, 6.07) is 0.586. The van der Waals surface area contributed by atoms with Gasteiger partial charge < -0.3 is 9.32 Å². The molecule has 0 saturated carbocycles. The summed E-state index contributed by atoms with van der Waals surface area (Å²) >= 11 is 0. The summed E-state index contributed by atoms with van der Waals surface area (Å²) in [6.45, 7) is 3.46. The van der Waals surface area contributed by atoms with Crippen LogP contribution in [-0.2, 0) is 0 Å². The molecule has 70 valence electrons. The van der Waals surface area contributed by atoms with E-state index in [4.69, 9.17) is 4.42 Å². The monoisotopic (exact) mass is 180 g/mol. The van der Waals surface area contributed by atoms with Crippen LogP contribution in [0.25, 0.3) is 0 Å². The Kier molecular flexibility index (Phi) is 2.04. The Balaban J connectivity index is 2.16. The minimum absolute atomic E-state index is 0.0470. The quantitative estimate of drug-likeness (QED) is 0.647. The molecule has 13 heavy (non-hydrogen) atoms. The molecule has 4 nitrogen and oxygen atoms in total. The molecule has 0 unspecified atom stereocenters. The Morgan fingerprint density at radius 3 is 2.77 bits per heavy atom. The molecule has 0 spiro atoms. The topological polar surface area (TPSA) is 46.3 Å². The number of Topliss-reactive ketones (excluding diaryl/α,β-unsaturated/α-hetero) is 1. The summed E-state index contributed by atoms with van der Waals surface area (Å²) in [5, 5.41) is 0. The van der Waals surface area contributed by atoms with Crippen LogP contribution in [0.4, 0.5) is 6.01 Å². The van der Waals surface area contributed by atoms with Crippen LogP contribution in [0.2, 0.25) is 0 Å². The van der Waals surface area contributed by atoms with Crippen molar-refractivity contribution >= 4 is 11.8 Å². The molecule has 0 N–H and O–H groups in total. The van der Waals surface area contributed by atoms with Gasteiger partial charge in [0, 0.05) is 20.0 Å². The van der Waals surface area contributed by atoms with E-state index in [-0.39, 0.29) is 5.78 Å². The van der Waals surface area contributed by atoms with Gasteiger partial charge in [0.2, 0.25) is 0 Å². The van der Waals surface area contributed by atoms with Crippen molar-refractivity contribution in [1.82, 2.24) is 4.98 Å². The van der Waals surface area contributed by atoms with Gasteiger partial charge in [0.25, 0.3) is 6.01 Å². The first-order valence-corrected chi connectivity index (χ1v) is 4.49. The maximum absolute atomic E-state index is 10.9. The van der Waals surface area contributed by atoms with Crippen LogP contribution >= 0.6 is 0 Å². The number of hydrogen-bond donors (Lipinski definition) is 0. The van der Waals surface area contributed by atoms with Gasteiger partial charge in [0.05, 0.1) is 0 Å². The van der Waals surface area contributed by atoms with E-state index >= 15 is 0 Å². The molecule has 0 aliphatic carbocycles. The standard InChI is InChI=1S/C9H12N2O2/c1-7(12)8-6-13-9(10-8)11-4-2-3-5-11/h6H,2-5H2,1H3. The molecular weight excluding hydrogens is 168 g/mol. The fourth-order valence-corrected chi connectivity index (χ4v) is 1.48. The SMILES string of the molecule is CC(=O)c1coc(N2CCCC2)n1. The van der Waals surface area contributed by atoms with Crippen LogP contribution in [-0.4, -0.2) is 23.9 Å². The molecule has 0 aromatic carbocycles. The van der Waals surface area contributed by atoms with Crippen molar-refractivity contribution < 1.29 is 9.21 Å². The third kappa shape index (κ3) is 1.56. The summed E-state index contributed by atoms with van der Waals surface area (Å²) in [5.41, 5.74) is 0.418. The van der Waals surface area contributed by atoms with Crippen molar-refractivity contribution in [2.24, 2.45) is 0 Å². The number of rotatable bonds is 2. The molecule has 0 radical (unpaired) electrons. The molecule has 0 amide bonds. The molecule has 2 heterocycles. The number of hydrogen-bond acceptors (Lipinski definition) is 4. The van der Waals surface area contributed by atoms with Crippen molar-refractivity contribution in [3.05, 3.63) is 12.0 Å². The van der Waals surface area contributed by atoms with E-state index < -0.39 is 0 Å². The summed E-state index contributed by atoms with van der Waals surface area (Å²) in [7, 11) is 0. The Bertz CT molecular complexity index is 313. The maximum Gasteiger partial charge on any atom is 0.297 e. The zero-order valence-electron chi connectivity index (χ0n) is 7.62. The average molecular weight is 180 g/mol. The summed E-state index contributed by atoms with van der Waals surface area (Å²) in [4.78, 5) is 17.1. The van der Waals surface area contributed by atoms with Gasteiger partial charge in [-0.2, -0.15) is 4.98 Å². The van der Waals surface area contributed by atoms with Crippen molar-refractivity contribution in [3.8, 4) is 0 Å². The fraction of sp³-hybridized carbons (Fsp3) is 0.556. The van der Waals surface area contributed by atoms with E-state index in [0.29, 0.717) is 11.7 Å². The zero-order chi connectivity index (χ0) is 9.26. The van der Waals surface area contributed by atoms with Crippen LogP contribution in [0.3, 0.4) is 0 Å². The minimum atomic E-state index is -0.0470. The second-order valence-corrected chi connectivity index (χ2v) is 3.27. The third-order valence-corrected chi connectivity index (χ3v) is 2.23. The third-order valence-electron chi connectivity index (χ3n) is 2.23. The van der Waals surface area contributed by atoms with Crippen molar-refractivity contribution in [2.45, 2.75) is 19.8 Å². The molecule has 1 aliphatic heterocycles. The number of oxazole rings is 1. The number of carbonyl (C=O) groups excluding carboxylic acids is 1. The van der Waals surface area contributed by atoms with E-state index in [0.717, 1.165) is 13.1 Å². The molecule has 4 heteroatoms. The summed E-state index contributed by atoms with van der Waals surface area (Å²) in [5.74, 6) is -0.0470. The van der Waals surface area contributed by atoms with Gasteiger partial charge in [-0.05, 0) is 12.8 Å². The van der Waals surface area contributed by atoms with Gasteiger partial charge in [0.15, 0.2) is 5.78 Å². The van der Waals surface area contributed by atoms with E-state index in [1.165, 1.54) is 26.0 Å². The molecule has 1 aliphatic rings. The molecule has 1 fully saturated rings. The fourth-order valence-electron chi connectivity index (χ4n) is 1.48. The van der Waals surface area contributed by atoms with E-state index in [1.54, 1.807) is 0 Å². The van der Waals surface area contributed by atoms with Crippen LogP contribution < -0.4 is 4.90 Å². The highest BCUT2D eigenvalue weighted by Crippen LogP contribution is 2.18. The van der Waals surface area contributed by atoms with Crippen molar-refractivity contribution in [3.63, 3.8) is 0 Å². The van der Waals surface area contributed by atoms with Gasteiger partial charge >= 0.3 is 0 Å². The lowest BCUT2D eigenvalue weighted by atomic mass is 10.4. The number of carbonyl (C=O) groups is 1. The molecule has 1 saturated heterocycles. The predicted octanol–water partition coefficient (Wildman–Crippen LogP) is 1.48. The van der Waals surface area contributed by atoms with Crippen LogP contribution in [0.5, 0.6) is 0 Å². The maximum atomic E-state index is 10.9. The first-order chi connectivity index (χ1) is 6.27. The van der Waals surface area contributed by atoms with Crippen LogP contribution in [0.1, 0.15) is 30.3 Å². The molecule has 2 rings (SSSR count). The van der Waals surface area contributed by atoms with Gasteiger partial charge in [-0.1, -0.05) is 0 Å². The molecule has 0 bridgehead atoms. The smallest absolute Gasteiger partial charge is 0.297 e. The number of aromatic nitrogens is 1. The normalized spacial score (nSPS) is 16.5. The highest BCUT2D eigenvalue weighted by molar-refractivity contribution is 5.92. The van der Waals surface area contributed by atoms with Crippen LogP contribution in [0, 0.1) is 0 Å². The van der Waals surface area contributed by atoms with Crippen molar-refractivity contribution in [2.75, 3.05) is 18.0 Å². The molecule has 0 atom stereocenters. The van der Waals surface area contributed by atoms with Gasteiger partial charge in [-0.3, -0.25) is 4.79 Å². The minimum Gasteiger partial charge on any atom is -0.431 e. The summed E-state index contributed by atoms with van der Waals surface area (Å²) in [6.07, 6.45) is 3.78. The Hall–Kier alpha value is -1.32. The van der Waals surface area contributed by atoms with Gasteiger partial charge in [-0.15, -0.1) is 0 Å². The largest absolute Gasteiger partial charge is 0.431 e. The van der Waals surface area contributed by atoms with Crippen molar-refractivity contribution in [1.29, 1.82) is 0 Å². The molecule has 1 aromatic rings. The van der Waals surface area contributed by atoms with Crippen LogP contribution in [0.15, 0.2) is 10.7 Å². The molecule has 1 aromatic heterocycles.